The molecule has 3 heterocycles. The van der Waals surface area contributed by atoms with E-state index in [1.807, 2.05) is 4.90 Å². The van der Waals surface area contributed by atoms with Crippen LogP contribution in [0, 0.1) is 17.8 Å². The molecule has 8 nitrogen and oxygen atoms in total. The van der Waals surface area contributed by atoms with Gasteiger partial charge in [0.05, 0.1) is 6.20 Å². The van der Waals surface area contributed by atoms with Crippen LogP contribution in [0.4, 0.5) is 14.6 Å². The molecule has 0 aromatic carbocycles. The van der Waals surface area contributed by atoms with E-state index >= 15 is 0 Å². The lowest BCUT2D eigenvalue weighted by atomic mass is 9.92. The zero-order chi connectivity index (χ0) is 19.6. The molecule has 1 N–H and O–H groups in total. The van der Waals surface area contributed by atoms with Crippen molar-refractivity contribution in [2.75, 3.05) is 18.0 Å². The van der Waals surface area contributed by atoms with Gasteiger partial charge in [-0.3, -0.25) is 4.79 Å². The van der Waals surface area contributed by atoms with E-state index in [9.17, 15) is 13.6 Å². The molecule has 28 heavy (non-hydrogen) atoms. The van der Waals surface area contributed by atoms with Gasteiger partial charge < -0.3 is 10.0 Å². The van der Waals surface area contributed by atoms with Crippen LogP contribution >= 0.6 is 0 Å². The van der Waals surface area contributed by atoms with Crippen molar-refractivity contribution >= 4 is 11.8 Å². The van der Waals surface area contributed by atoms with Crippen molar-refractivity contribution in [3.63, 3.8) is 0 Å². The third-order valence-electron chi connectivity index (χ3n) is 6.27. The van der Waals surface area contributed by atoms with Crippen LogP contribution in [0.3, 0.4) is 0 Å². The first kappa shape index (κ1) is 17.4. The van der Waals surface area contributed by atoms with Gasteiger partial charge >= 0.3 is 5.97 Å². The Morgan fingerprint density at radius 3 is 2.71 bits per heavy atom. The lowest BCUT2D eigenvalue weighted by molar-refractivity contribution is -0.137. The molecule has 2 fully saturated rings. The first-order valence-corrected chi connectivity index (χ1v) is 9.46. The highest BCUT2D eigenvalue weighted by atomic mass is 19.3. The number of hydrogen-bond acceptors (Lipinski definition) is 6. The Kier molecular flexibility index (Phi) is 3.69. The van der Waals surface area contributed by atoms with Gasteiger partial charge in [-0.15, -0.1) is 5.10 Å². The molecule has 0 amide bonds. The van der Waals surface area contributed by atoms with Crippen LogP contribution in [0.25, 0.3) is 11.5 Å². The molecule has 1 saturated carbocycles. The molecule has 148 valence electrons. The Labute approximate surface area is 159 Å². The largest absolute Gasteiger partial charge is 0.481 e. The van der Waals surface area contributed by atoms with E-state index in [-0.39, 0.29) is 30.3 Å². The van der Waals surface area contributed by atoms with Gasteiger partial charge in [-0.1, -0.05) is 5.21 Å². The molecular weight excluding hydrogens is 370 g/mol. The predicted molar refractivity (Wildman–Crippen MR) is 93.8 cm³/mol. The number of alkyl halides is 2. The molecule has 10 heteroatoms. The highest BCUT2D eigenvalue weighted by Crippen LogP contribution is 2.55. The van der Waals surface area contributed by atoms with Gasteiger partial charge in [0.25, 0.3) is 5.92 Å². The molecule has 2 aromatic rings. The Bertz CT molecular complexity index is 950. The van der Waals surface area contributed by atoms with Crippen LogP contribution in [0.1, 0.15) is 30.5 Å². The number of nitrogens with zero attached hydrogens (tertiary/aromatic N) is 6. The number of rotatable bonds is 4. The van der Waals surface area contributed by atoms with Crippen molar-refractivity contribution in [3.05, 3.63) is 17.5 Å². The normalized spacial score (nSPS) is 27.4. The van der Waals surface area contributed by atoms with Crippen LogP contribution < -0.4 is 4.90 Å². The first-order valence-electron chi connectivity index (χ1n) is 9.46. The second-order valence-electron chi connectivity index (χ2n) is 7.99. The fourth-order valence-electron chi connectivity index (χ4n) is 4.81. The van der Waals surface area contributed by atoms with Gasteiger partial charge in [0.15, 0.2) is 5.82 Å². The minimum absolute atomic E-state index is 0.176. The summed E-state index contributed by atoms with van der Waals surface area (Å²) in [4.78, 5) is 21.9. The van der Waals surface area contributed by atoms with Gasteiger partial charge in [-0.2, -0.15) is 8.78 Å². The van der Waals surface area contributed by atoms with Crippen LogP contribution in [-0.2, 0) is 24.2 Å². The van der Waals surface area contributed by atoms with Crippen molar-refractivity contribution in [3.8, 4) is 11.5 Å². The number of carboxylic acids is 1. The van der Waals surface area contributed by atoms with E-state index in [1.54, 1.807) is 7.05 Å². The predicted octanol–water partition coefficient (Wildman–Crippen LogP) is 1.86. The Morgan fingerprint density at radius 1 is 1.32 bits per heavy atom. The number of carbonyl (C=O) groups is 1. The van der Waals surface area contributed by atoms with E-state index in [0.717, 1.165) is 0 Å². The number of hydrogen-bond donors (Lipinski definition) is 1. The van der Waals surface area contributed by atoms with Gasteiger partial charge in [-0.25, -0.2) is 14.6 Å². The summed E-state index contributed by atoms with van der Waals surface area (Å²) in [6.07, 6.45) is 2.34. The number of piperidine rings is 1. The Hall–Kier alpha value is -2.65. The van der Waals surface area contributed by atoms with Crippen molar-refractivity contribution in [2.45, 2.75) is 31.6 Å². The second kappa shape index (κ2) is 5.92. The molecular formula is C18H20F2N6O2. The Balaban J connectivity index is 1.53. The van der Waals surface area contributed by atoms with E-state index in [2.05, 4.69) is 20.3 Å². The number of aryl methyl sites for hydroxylation is 1. The minimum atomic E-state index is -2.99. The molecule has 3 atom stereocenters. The summed E-state index contributed by atoms with van der Waals surface area (Å²) in [7, 11) is 1.67. The monoisotopic (exact) mass is 390 g/mol. The van der Waals surface area contributed by atoms with Crippen LogP contribution in [0.5, 0.6) is 0 Å². The molecule has 3 aliphatic rings. The maximum absolute atomic E-state index is 14.7. The number of aliphatic carboxylic acids is 1. The minimum Gasteiger partial charge on any atom is -0.481 e. The van der Waals surface area contributed by atoms with E-state index < -0.39 is 11.9 Å². The summed E-state index contributed by atoms with van der Waals surface area (Å²) in [5, 5.41) is 16.7. The Morgan fingerprint density at radius 2 is 2.07 bits per heavy atom. The zero-order valence-corrected chi connectivity index (χ0v) is 15.3. The lowest BCUT2D eigenvalue weighted by Gasteiger charge is -2.30. The van der Waals surface area contributed by atoms with Crippen LogP contribution in [-0.4, -0.2) is 49.1 Å². The fourth-order valence-corrected chi connectivity index (χ4v) is 4.81. The quantitative estimate of drug-likeness (QED) is 0.851. The summed E-state index contributed by atoms with van der Waals surface area (Å²) < 4.78 is 30.8. The summed E-state index contributed by atoms with van der Waals surface area (Å²) in [6.45, 7) is 1.31. The molecule has 2 aliphatic carbocycles. The van der Waals surface area contributed by atoms with Crippen molar-refractivity contribution in [2.24, 2.45) is 24.8 Å². The first-order chi connectivity index (χ1) is 13.3. The standard InChI is InChI=1S/C18H20F2N6O2/c1-25-13(6-21-24-25)16-22-15-9(3-2-4-18(15,19)20)17(23-16)26-7-11-10(5-14(27)28)12(11)8-26/h6,10-12H,2-5,7-8H2,1H3,(H,27,28)/t10-,11+,12-. The maximum atomic E-state index is 14.7. The zero-order valence-electron chi connectivity index (χ0n) is 15.3. The lowest BCUT2D eigenvalue weighted by Crippen LogP contribution is -2.31. The van der Waals surface area contributed by atoms with Gasteiger partial charge in [0.1, 0.15) is 17.2 Å². The molecule has 0 spiro atoms. The molecule has 0 radical (unpaired) electrons. The molecule has 1 saturated heterocycles. The van der Waals surface area contributed by atoms with Gasteiger partial charge in [-0.05, 0) is 30.6 Å². The molecule has 0 unspecified atom stereocenters. The average molecular weight is 390 g/mol. The smallest absolute Gasteiger partial charge is 0.303 e. The maximum Gasteiger partial charge on any atom is 0.303 e. The molecule has 1 aliphatic heterocycles. The van der Waals surface area contributed by atoms with Gasteiger partial charge in [0.2, 0.25) is 0 Å². The number of fused-ring (bicyclic) bond motifs is 2. The fraction of sp³-hybridized carbons (Fsp3) is 0.611. The van der Waals surface area contributed by atoms with E-state index in [1.165, 1.54) is 10.9 Å². The molecule has 2 aromatic heterocycles. The number of aromatic nitrogens is 5. The third kappa shape index (κ3) is 2.65. The molecule has 0 bridgehead atoms. The average Bonchev–Trinajstić information content (AvgIpc) is 3.01. The molecule has 5 rings (SSSR count). The summed E-state index contributed by atoms with van der Waals surface area (Å²) >= 11 is 0. The van der Waals surface area contributed by atoms with Crippen molar-refractivity contribution < 1.29 is 18.7 Å². The second-order valence-corrected chi connectivity index (χ2v) is 7.99. The summed E-state index contributed by atoms with van der Waals surface area (Å²) in [5.74, 6) is -2.22. The van der Waals surface area contributed by atoms with Gasteiger partial charge in [0, 0.05) is 38.5 Å². The van der Waals surface area contributed by atoms with E-state index in [0.29, 0.717) is 54.8 Å². The summed E-state index contributed by atoms with van der Waals surface area (Å²) in [6, 6.07) is 0. The number of anilines is 1. The highest BCUT2D eigenvalue weighted by Gasteiger charge is 2.57. The van der Waals surface area contributed by atoms with Crippen molar-refractivity contribution in [1.82, 2.24) is 25.0 Å². The topological polar surface area (TPSA) is 97.0 Å². The van der Waals surface area contributed by atoms with E-state index in [4.69, 9.17) is 5.11 Å². The van der Waals surface area contributed by atoms with Crippen LogP contribution in [0.2, 0.25) is 0 Å². The SMILES string of the molecule is Cn1nncc1-c1nc(N2C[C@@H]3[C@H](CC(=O)O)[C@@H]3C2)c2c(n1)C(F)(F)CCC2. The third-order valence-corrected chi connectivity index (χ3v) is 6.27. The van der Waals surface area contributed by atoms with Crippen LogP contribution in [0.15, 0.2) is 6.20 Å². The number of carboxylic acid groups (broad SMARTS) is 1. The van der Waals surface area contributed by atoms with Crippen molar-refractivity contribution in [1.29, 1.82) is 0 Å². The number of halogens is 2. The summed E-state index contributed by atoms with van der Waals surface area (Å²) in [5.41, 5.74) is 0.812. The highest BCUT2D eigenvalue weighted by molar-refractivity contribution is 5.68.